The molecule has 0 amide bonds. The van der Waals surface area contributed by atoms with E-state index in [2.05, 4.69) is 88.2 Å². The first-order chi connectivity index (χ1) is 19.0. The predicted octanol–water partition coefficient (Wildman–Crippen LogP) is 8.24. The lowest BCUT2D eigenvalue weighted by Gasteiger charge is -2.30. The number of hydrogen-bond acceptors (Lipinski definition) is 6. The van der Waals surface area contributed by atoms with E-state index in [0.29, 0.717) is 17.6 Å². The number of carbonyl (C=O) groups excluding carboxylic acids is 2. The molecule has 0 fully saturated rings. The molecular formula is C34H38N2O2S2. The number of nitrogens with two attached hydrogens (primary N) is 1. The molecule has 6 heteroatoms. The first kappa shape index (κ1) is 30.9. The van der Waals surface area contributed by atoms with Gasteiger partial charge in [-0.25, -0.2) is 0 Å². The van der Waals surface area contributed by atoms with Crippen molar-refractivity contribution in [3.63, 3.8) is 0 Å². The van der Waals surface area contributed by atoms with Gasteiger partial charge in [0, 0.05) is 38.3 Å². The van der Waals surface area contributed by atoms with Gasteiger partial charge in [0.05, 0.1) is 11.6 Å². The van der Waals surface area contributed by atoms with E-state index >= 15 is 0 Å². The molecule has 0 aliphatic rings. The number of aryl methyl sites for hydroxylation is 1. The highest BCUT2D eigenvalue weighted by Gasteiger charge is 2.29. The van der Waals surface area contributed by atoms with E-state index in [1.165, 1.54) is 5.41 Å². The summed E-state index contributed by atoms with van der Waals surface area (Å²) in [4.78, 5) is 29.2. The molecule has 1 unspecified atom stereocenters. The Hall–Kier alpha value is -3.61. The van der Waals surface area contributed by atoms with Gasteiger partial charge in [0.25, 0.3) is 0 Å². The van der Waals surface area contributed by atoms with E-state index in [0.717, 1.165) is 44.2 Å². The topological polar surface area (TPSA) is 63.4 Å². The third-order valence-electron chi connectivity index (χ3n) is 7.23. The smallest absolute Gasteiger partial charge is 0.174 e. The van der Waals surface area contributed by atoms with Crippen molar-refractivity contribution >= 4 is 47.4 Å². The fraction of sp³-hybridized carbons (Fsp3) is 0.235. The van der Waals surface area contributed by atoms with Gasteiger partial charge in [-0.3, -0.25) is 4.79 Å². The summed E-state index contributed by atoms with van der Waals surface area (Å²) in [6.45, 7) is 14.2. The summed E-state index contributed by atoms with van der Waals surface area (Å²) < 4.78 is 0. The van der Waals surface area contributed by atoms with Crippen LogP contribution in [-0.2, 0) is 21.4 Å². The first-order valence-electron chi connectivity index (χ1n) is 13.2. The summed E-state index contributed by atoms with van der Waals surface area (Å²) in [5, 5.41) is 1.43. The molecule has 1 heterocycles. The molecule has 1 aromatic heterocycles. The molecule has 3 rings (SSSR count). The number of thiol groups is 1. The molecule has 0 radical (unpaired) electrons. The summed E-state index contributed by atoms with van der Waals surface area (Å²) in [7, 11) is 0. The normalized spacial score (nSPS) is 13.6. The Morgan fingerprint density at radius 3 is 2.08 bits per heavy atom. The second-order valence-corrected chi connectivity index (χ2v) is 12.0. The van der Waals surface area contributed by atoms with Crippen LogP contribution in [0, 0.1) is 12.8 Å². The SMILES string of the molecule is C=C(C)/C(=C\S)C(=O)C(C=O)Cc1cc(C(C)(C)/C(C)=C/C(=C\N)N(c2ccccc2)c2ccccc2)c(C)s1. The van der Waals surface area contributed by atoms with Gasteiger partial charge in [-0.1, -0.05) is 62.4 Å². The van der Waals surface area contributed by atoms with E-state index in [1.54, 1.807) is 24.5 Å². The zero-order valence-electron chi connectivity index (χ0n) is 23.8. The summed E-state index contributed by atoms with van der Waals surface area (Å²) in [5.41, 5.74) is 12.0. The Morgan fingerprint density at radius 1 is 1.07 bits per heavy atom. The number of benzene rings is 2. The van der Waals surface area contributed by atoms with Crippen molar-refractivity contribution in [2.45, 2.75) is 46.5 Å². The lowest BCUT2D eigenvalue weighted by molar-refractivity contribution is -0.124. The Labute approximate surface area is 248 Å². The third kappa shape index (κ3) is 6.93. The van der Waals surface area contributed by atoms with Crippen molar-refractivity contribution in [1.82, 2.24) is 0 Å². The lowest BCUT2D eigenvalue weighted by Crippen LogP contribution is -2.22. The highest BCUT2D eigenvalue weighted by Crippen LogP contribution is 2.40. The zero-order chi connectivity index (χ0) is 29.4. The maximum atomic E-state index is 13.0. The quantitative estimate of drug-likeness (QED) is 0.0757. The molecule has 2 aromatic carbocycles. The molecular weight excluding hydrogens is 533 g/mol. The summed E-state index contributed by atoms with van der Waals surface area (Å²) in [5.74, 6) is -1.03. The van der Waals surface area contributed by atoms with Crippen LogP contribution in [0.3, 0.4) is 0 Å². The van der Waals surface area contributed by atoms with Crippen LogP contribution in [-0.4, -0.2) is 12.1 Å². The fourth-order valence-corrected chi connectivity index (χ4v) is 6.28. The summed E-state index contributed by atoms with van der Waals surface area (Å²) in [6, 6.07) is 22.4. The molecule has 4 nitrogen and oxygen atoms in total. The Balaban J connectivity index is 1.96. The van der Waals surface area contributed by atoms with Gasteiger partial charge in [0.1, 0.15) is 6.29 Å². The van der Waals surface area contributed by atoms with E-state index in [1.807, 2.05) is 36.4 Å². The molecule has 0 aliphatic heterocycles. The Morgan fingerprint density at radius 2 is 1.62 bits per heavy atom. The molecule has 0 bridgehead atoms. The average Bonchev–Trinajstić information content (AvgIpc) is 3.33. The van der Waals surface area contributed by atoms with Crippen LogP contribution < -0.4 is 10.6 Å². The number of hydrogen-bond donors (Lipinski definition) is 2. The highest BCUT2D eigenvalue weighted by molar-refractivity contribution is 7.83. The molecule has 0 saturated carbocycles. The number of carbonyl (C=O) groups is 2. The van der Waals surface area contributed by atoms with Crippen LogP contribution in [0.25, 0.3) is 0 Å². The number of thiophene rings is 1. The molecule has 40 heavy (non-hydrogen) atoms. The van der Waals surface area contributed by atoms with Crippen LogP contribution in [0.15, 0.2) is 113 Å². The molecule has 0 spiro atoms. The zero-order valence-corrected chi connectivity index (χ0v) is 25.6. The van der Waals surface area contributed by atoms with E-state index in [9.17, 15) is 9.59 Å². The van der Waals surface area contributed by atoms with Crippen LogP contribution in [0.1, 0.15) is 43.0 Å². The molecule has 0 saturated heterocycles. The number of nitrogens with zero attached hydrogens (tertiary/aromatic N) is 1. The predicted molar refractivity (Wildman–Crippen MR) is 173 cm³/mol. The van der Waals surface area contributed by atoms with Gasteiger partial charge in [-0.15, -0.1) is 11.3 Å². The lowest BCUT2D eigenvalue weighted by atomic mass is 9.77. The minimum absolute atomic E-state index is 0.250. The minimum Gasteiger partial charge on any atom is -0.403 e. The molecule has 3 aromatic rings. The number of Topliss-reactive ketones (excluding diaryl/α,β-unsaturated/α-hetero) is 1. The van der Waals surface area contributed by atoms with Crippen molar-refractivity contribution in [1.29, 1.82) is 0 Å². The second-order valence-electron chi connectivity index (χ2n) is 10.4. The number of ketones is 1. The highest BCUT2D eigenvalue weighted by atomic mass is 32.1. The second kappa shape index (κ2) is 13.6. The van der Waals surface area contributed by atoms with Gasteiger partial charge in [0.15, 0.2) is 5.78 Å². The van der Waals surface area contributed by atoms with Crippen LogP contribution in [0.5, 0.6) is 0 Å². The van der Waals surface area contributed by atoms with Gasteiger partial charge < -0.3 is 15.4 Å². The Bertz CT molecular complexity index is 1410. The standard InChI is InChI=1S/C34H38N2O2S2/c1-23(2)31(22-39)33(38)26(21-37)18-30-19-32(25(4)40-30)34(5,6)24(3)17-29(20-35)36(27-13-9-7-10-14-27)28-15-11-8-12-16-28/h7-17,19-22,26,39H,1,18,35H2,2-6H3/b24-17+,29-20+,31-22+. The van der Waals surface area contributed by atoms with E-state index in [4.69, 9.17) is 5.73 Å². The Kier molecular flexibility index (Phi) is 10.5. The average molecular weight is 571 g/mol. The molecule has 0 aliphatic carbocycles. The van der Waals surface area contributed by atoms with E-state index in [-0.39, 0.29) is 11.2 Å². The van der Waals surface area contributed by atoms with Gasteiger partial charge in [0.2, 0.25) is 0 Å². The fourth-order valence-electron chi connectivity index (χ4n) is 4.67. The van der Waals surface area contributed by atoms with Crippen molar-refractivity contribution < 1.29 is 9.59 Å². The monoisotopic (exact) mass is 570 g/mol. The number of para-hydroxylation sites is 2. The molecule has 2 N–H and O–H groups in total. The largest absolute Gasteiger partial charge is 0.403 e. The summed E-state index contributed by atoms with van der Waals surface area (Å²) >= 11 is 5.77. The van der Waals surface area contributed by atoms with E-state index < -0.39 is 5.92 Å². The minimum atomic E-state index is -0.780. The van der Waals surface area contributed by atoms with Crippen LogP contribution in [0.4, 0.5) is 11.4 Å². The molecule has 208 valence electrons. The first-order valence-corrected chi connectivity index (χ1v) is 14.5. The summed E-state index contributed by atoms with van der Waals surface area (Å²) in [6.07, 6.45) is 4.84. The van der Waals surface area contributed by atoms with Crippen molar-refractivity contribution in [3.8, 4) is 0 Å². The van der Waals surface area contributed by atoms with Gasteiger partial charge in [-0.05, 0) is 80.1 Å². The van der Waals surface area contributed by atoms with Crippen molar-refractivity contribution in [2.24, 2.45) is 11.7 Å². The number of anilines is 2. The molecule has 1 atom stereocenters. The van der Waals surface area contributed by atoms with Crippen LogP contribution >= 0.6 is 24.0 Å². The van der Waals surface area contributed by atoms with Gasteiger partial charge >= 0.3 is 0 Å². The maximum absolute atomic E-state index is 13.0. The number of rotatable bonds is 12. The van der Waals surface area contributed by atoms with Crippen molar-refractivity contribution in [2.75, 3.05) is 4.90 Å². The number of aldehydes is 1. The third-order valence-corrected chi connectivity index (χ3v) is 8.56. The van der Waals surface area contributed by atoms with Crippen molar-refractivity contribution in [3.05, 3.63) is 129 Å². The maximum Gasteiger partial charge on any atom is 0.174 e. The van der Waals surface area contributed by atoms with Crippen LogP contribution in [0.2, 0.25) is 0 Å². The van der Waals surface area contributed by atoms with Gasteiger partial charge in [-0.2, -0.15) is 12.6 Å². The number of allylic oxidation sites excluding steroid dienone is 4.